The summed E-state index contributed by atoms with van der Waals surface area (Å²) >= 11 is 0. The van der Waals surface area contributed by atoms with Crippen LogP contribution in [0.25, 0.3) is 27.7 Å². The number of rotatable bonds is 4. The lowest BCUT2D eigenvalue weighted by Crippen LogP contribution is -3.01. The molecule has 9 heteroatoms. The molecule has 0 aliphatic carbocycles. The maximum absolute atomic E-state index is 13.1. The maximum Gasteiger partial charge on any atom is 0.279 e. The minimum absolute atomic E-state index is 0.00423. The Balaban J connectivity index is 2.06. The summed E-state index contributed by atoms with van der Waals surface area (Å²) < 4.78 is 1.01. The summed E-state index contributed by atoms with van der Waals surface area (Å²) in [5, 5.41) is 44.6. The van der Waals surface area contributed by atoms with Crippen LogP contribution in [0.4, 0.5) is 11.4 Å². The first-order valence-electron chi connectivity index (χ1n) is 8.66. The van der Waals surface area contributed by atoms with E-state index in [4.69, 9.17) is 5.21 Å². The second-order valence-corrected chi connectivity index (χ2v) is 6.32. The number of aromatic nitrogens is 2. The molecule has 4 aromatic rings. The van der Waals surface area contributed by atoms with Crippen LogP contribution in [0.15, 0.2) is 77.6 Å². The standard InChI is InChI=1S/C20H16N4O5/c25-20-16-9-5-4-8-15(16)19(13-6-2-1-3-7-13)21-22(20)17-11-10-14(23(26)27)12-18(17)24(28)29/h1-12,23-24,26,28H. The highest BCUT2D eigenvalue weighted by Gasteiger charge is 2.20. The van der Waals surface area contributed by atoms with Gasteiger partial charge in [-0.1, -0.05) is 48.5 Å². The Hall–Kier alpha value is -3.44. The van der Waals surface area contributed by atoms with E-state index in [1.807, 2.05) is 30.3 Å². The summed E-state index contributed by atoms with van der Waals surface area (Å²) in [7, 11) is 0. The fraction of sp³-hybridized carbons (Fsp3) is 0. The molecule has 3 aromatic carbocycles. The molecule has 0 aliphatic heterocycles. The Morgan fingerprint density at radius 3 is 2.14 bits per heavy atom. The topological polar surface area (TPSA) is 130 Å². The largest absolute Gasteiger partial charge is 0.595 e. The summed E-state index contributed by atoms with van der Waals surface area (Å²) in [4.78, 5) is 13.1. The second kappa shape index (κ2) is 7.53. The number of hydrogen-bond donors (Lipinski definition) is 4. The molecule has 0 bridgehead atoms. The molecule has 4 rings (SSSR count). The van der Waals surface area contributed by atoms with E-state index in [9.17, 15) is 20.4 Å². The van der Waals surface area contributed by atoms with Gasteiger partial charge in [-0.15, -0.1) is 0 Å². The lowest BCUT2D eigenvalue weighted by Gasteiger charge is -2.19. The van der Waals surface area contributed by atoms with Crippen molar-refractivity contribution in [2.24, 2.45) is 0 Å². The molecule has 0 saturated carbocycles. The molecule has 0 saturated heterocycles. The molecule has 1 heterocycles. The van der Waals surface area contributed by atoms with Gasteiger partial charge in [0.05, 0.1) is 17.1 Å². The minimum atomic E-state index is -1.36. The van der Waals surface area contributed by atoms with Crippen molar-refractivity contribution in [3.8, 4) is 16.9 Å². The zero-order valence-corrected chi connectivity index (χ0v) is 14.9. The van der Waals surface area contributed by atoms with Crippen LogP contribution in [0.3, 0.4) is 0 Å². The number of nitrogens with one attached hydrogen (secondary N) is 2. The molecule has 9 nitrogen and oxygen atoms in total. The van der Waals surface area contributed by atoms with Gasteiger partial charge in [0.15, 0.2) is 11.4 Å². The predicted molar refractivity (Wildman–Crippen MR) is 104 cm³/mol. The fourth-order valence-electron chi connectivity index (χ4n) is 3.19. The molecule has 0 radical (unpaired) electrons. The van der Waals surface area contributed by atoms with Gasteiger partial charge in [-0.25, -0.2) is 10.4 Å². The Kier molecular flexibility index (Phi) is 4.91. The second-order valence-electron chi connectivity index (χ2n) is 6.32. The molecular weight excluding hydrogens is 376 g/mol. The van der Waals surface area contributed by atoms with E-state index in [1.54, 1.807) is 24.3 Å². The van der Waals surface area contributed by atoms with Crippen LogP contribution in [0.2, 0.25) is 0 Å². The summed E-state index contributed by atoms with van der Waals surface area (Å²) in [6.45, 7) is 0. The number of hydrogen-bond acceptors (Lipinski definition) is 6. The zero-order valence-electron chi connectivity index (χ0n) is 14.9. The first-order valence-corrected chi connectivity index (χ1v) is 8.66. The zero-order chi connectivity index (χ0) is 20.5. The van der Waals surface area contributed by atoms with Crippen LogP contribution < -0.4 is 16.0 Å². The van der Waals surface area contributed by atoms with Gasteiger partial charge in [-0.2, -0.15) is 20.2 Å². The third-order valence-electron chi connectivity index (χ3n) is 4.55. The SMILES string of the molecule is O=c1c2ccccc2c(-c2ccccc2)nn1-c1ccc([NH+]([O-])O)cc1[NH+]([O-])O. The quantitative estimate of drug-likeness (QED) is 0.381. The van der Waals surface area contributed by atoms with Crippen LogP contribution >= 0.6 is 0 Å². The molecule has 0 fully saturated rings. The summed E-state index contributed by atoms with van der Waals surface area (Å²) in [6.07, 6.45) is 0. The number of fused-ring (bicyclic) bond motifs is 1. The van der Waals surface area contributed by atoms with E-state index in [0.717, 1.165) is 16.3 Å². The Morgan fingerprint density at radius 1 is 0.828 bits per heavy atom. The first-order chi connectivity index (χ1) is 14.0. The minimum Gasteiger partial charge on any atom is -0.595 e. The molecular formula is C20H16N4O5. The smallest absolute Gasteiger partial charge is 0.279 e. The fourth-order valence-corrected chi connectivity index (χ4v) is 3.19. The van der Waals surface area contributed by atoms with Crippen molar-refractivity contribution >= 4 is 22.1 Å². The van der Waals surface area contributed by atoms with Crippen LogP contribution in [0.5, 0.6) is 0 Å². The van der Waals surface area contributed by atoms with Gasteiger partial charge >= 0.3 is 0 Å². The molecule has 29 heavy (non-hydrogen) atoms. The van der Waals surface area contributed by atoms with Gasteiger partial charge in [0.25, 0.3) is 5.56 Å². The van der Waals surface area contributed by atoms with Gasteiger partial charge < -0.3 is 10.4 Å². The molecule has 0 spiro atoms. The van der Waals surface area contributed by atoms with Gasteiger partial charge in [0.1, 0.15) is 5.69 Å². The molecule has 146 valence electrons. The average molecular weight is 392 g/mol. The van der Waals surface area contributed by atoms with Crippen molar-refractivity contribution in [3.05, 3.63) is 93.6 Å². The van der Waals surface area contributed by atoms with Crippen molar-refractivity contribution in [2.75, 3.05) is 0 Å². The van der Waals surface area contributed by atoms with Gasteiger partial charge in [0.2, 0.25) is 0 Å². The highest BCUT2D eigenvalue weighted by molar-refractivity contribution is 5.94. The third-order valence-corrected chi connectivity index (χ3v) is 4.55. The number of nitrogens with zero attached hydrogens (tertiary/aromatic N) is 2. The molecule has 4 N–H and O–H groups in total. The van der Waals surface area contributed by atoms with Gasteiger partial charge in [0, 0.05) is 17.0 Å². The number of benzene rings is 3. The predicted octanol–water partition coefficient (Wildman–Crippen LogP) is 0.859. The van der Waals surface area contributed by atoms with Crippen LogP contribution in [0, 0.1) is 10.4 Å². The van der Waals surface area contributed by atoms with E-state index in [2.05, 4.69) is 5.10 Å². The van der Waals surface area contributed by atoms with Gasteiger partial charge in [-0.05, 0) is 12.1 Å². The Morgan fingerprint density at radius 2 is 1.48 bits per heavy atom. The molecule has 1 aromatic heterocycles. The lowest BCUT2D eigenvalue weighted by atomic mass is 10.1. The van der Waals surface area contributed by atoms with E-state index >= 15 is 0 Å². The third kappa shape index (κ3) is 3.41. The highest BCUT2D eigenvalue weighted by atomic mass is 16.8. The van der Waals surface area contributed by atoms with Crippen LogP contribution in [-0.2, 0) is 0 Å². The van der Waals surface area contributed by atoms with Gasteiger partial charge in [-0.3, -0.25) is 4.79 Å². The number of quaternary nitrogens is 2. The van der Waals surface area contributed by atoms with Crippen molar-refractivity contribution in [1.29, 1.82) is 0 Å². The molecule has 2 atom stereocenters. The Labute approximate surface area is 164 Å². The van der Waals surface area contributed by atoms with Crippen LogP contribution in [0.1, 0.15) is 0 Å². The average Bonchev–Trinajstić information content (AvgIpc) is 2.74. The summed E-state index contributed by atoms with van der Waals surface area (Å²) in [5.41, 5.74) is 0.259. The first kappa shape index (κ1) is 18.9. The van der Waals surface area contributed by atoms with Crippen molar-refractivity contribution in [1.82, 2.24) is 9.78 Å². The maximum atomic E-state index is 13.1. The normalized spacial score (nSPS) is 13.4. The van der Waals surface area contributed by atoms with E-state index in [0.29, 0.717) is 16.5 Å². The van der Waals surface area contributed by atoms with E-state index < -0.39 is 16.0 Å². The molecule has 2 unspecified atom stereocenters. The van der Waals surface area contributed by atoms with Crippen LogP contribution in [-0.4, -0.2) is 20.2 Å². The lowest BCUT2D eigenvalue weighted by molar-refractivity contribution is -0.996. The van der Waals surface area contributed by atoms with Crippen molar-refractivity contribution < 1.29 is 20.9 Å². The highest BCUT2D eigenvalue weighted by Crippen LogP contribution is 2.26. The summed E-state index contributed by atoms with van der Waals surface area (Å²) in [6, 6.07) is 19.7. The molecule has 0 aliphatic rings. The van der Waals surface area contributed by atoms with E-state index in [1.165, 1.54) is 12.1 Å². The monoisotopic (exact) mass is 392 g/mol. The van der Waals surface area contributed by atoms with E-state index in [-0.39, 0.29) is 17.1 Å². The molecule has 0 amide bonds. The Bertz CT molecular complexity index is 1240. The summed E-state index contributed by atoms with van der Waals surface area (Å²) in [5.74, 6) is 0. The van der Waals surface area contributed by atoms with Crippen molar-refractivity contribution in [3.63, 3.8) is 0 Å². The van der Waals surface area contributed by atoms with Crippen molar-refractivity contribution in [2.45, 2.75) is 0 Å².